The number of furan rings is 1. The van der Waals surface area contributed by atoms with Gasteiger partial charge in [-0.2, -0.15) is 0 Å². The van der Waals surface area contributed by atoms with Gasteiger partial charge in [0.05, 0.1) is 10.5 Å². The minimum absolute atomic E-state index is 0.00399. The van der Waals surface area contributed by atoms with Gasteiger partial charge in [0.1, 0.15) is 11.5 Å². The van der Waals surface area contributed by atoms with Crippen molar-refractivity contribution in [1.82, 2.24) is 9.80 Å². The van der Waals surface area contributed by atoms with Crippen molar-refractivity contribution in [3.63, 3.8) is 0 Å². The fourth-order valence-corrected chi connectivity index (χ4v) is 4.46. The fraction of sp³-hybridized carbons (Fsp3) is 0.333. The minimum Gasteiger partial charge on any atom is -0.466 e. The normalized spacial score (nSPS) is 13.5. The molecule has 0 saturated carbocycles. The van der Waals surface area contributed by atoms with E-state index in [0.717, 1.165) is 11.3 Å². The predicted octanol–water partition coefficient (Wildman–Crippen LogP) is 4.19. The highest BCUT2D eigenvalue weighted by atomic mass is 16.6. The van der Waals surface area contributed by atoms with E-state index in [-0.39, 0.29) is 23.9 Å². The Morgan fingerprint density at radius 1 is 1.00 bits per heavy atom. The Morgan fingerprint density at radius 3 is 2.25 bits per heavy atom. The molecule has 188 valence electrons. The summed E-state index contributed by atoms with van der Waals surface area (Å²) in [4.78, 5) is 42.5. The summed E-state index contributed by atoms with van der Waals surface area (Å²) < 4.78 is 5.56. The molecule has 0 spiro atoms. The number of aryl methyl sites for hydroxylation is 2. The van der Waals surface area contributed by atoms with Gasteiger partial charge in [-0.1, -0.05) is 30.3 Å². The fourth-order valence-electron chi connectivity index (χ4n) is 4.46. The smallest absolute Gasteiger partial charge is 0.269 e. The molecule has 2 amide bonds. The molecule has 0 bridgehead atoms. The number of amides is 2. The standard InChI is InChI=1S/C27H30N4O5/c1-20-18-25(21(2)36-20)27(33)30(19-22-6-4-3-5-7-22)13-12-26(32)29-16-14-28(15-17-29)23-8-10-24(11-9-23)31(34)35/h3-11,18H,12-17,19H2,1-2H3. The Morgan fingerprint density at radius 2 is 1.67 bits per heavy atom. The van der Waals surface area contributed by atoms with Gasteiger partial charge < -0.3 is 19.1 Å². The zero-order valence-electron chi connectivity index (χ0n) is 20.6. The quantitative estimate of drug-likeness (QED) is 0.347. The van der Waals surface area contributed by atoms with Crippen LogP contribution in [0.3, 0.4) is 0 Å². The molecule has 9 nitrogen and oxygen atoms in total. The average molecular weight is 491 g/mol. The van der Waals surface area contributed by atoms with E-state index in [2.05, 4.69) is 4.90 Å². The molecule has 1 fully saturated rings. The van der Waals surface area contributed by atoms with Crippen LogP contribution < -0.4 is 4.90 Å². The number of hydrogen-bond acceptors (Lipinski definition) is 6. The first kappa shape index (κ1) is 25.0. The maximum absolute atomic E-state index is 13.3. The number of hydrogen-bond donors (Lipinski definition) is 0. The van der Waals surface area contributed by atoms with E-state index in [1.807, 2.05) is 42.2 Å². The third-order valence-corrected chi connectivity index (χ3v) is 6.43. The molecule has 1 aliphatic rings. The SMILES string of the molecule is Cc1cc(C(=O)N(CCC(=O)N2CCN(c3ccc([N+](=O)[O-])cc3)CC2)Cc2ccccc2)c(C)o1. The lowest BCUT2D eigenvalue weighted by atomic mass is 10.1. The van der Waals surface area contributed by atoms with E-state index in [1.165, 1.54) is 12.1 Å². The first-order valence-corrected chi connectivity index (χ1v) is 12.0. The second-order valence-corrected chi connectivity index (χ2v) is 8.93. The van der Waals surface area contributed by atoms with Gasteiger partial charge in [-0.05, 0) is 37.6 Å². The van der Waals surface area contributed by atoms with E-state index < -0.39 is 4.92 Å². The summed E-state index contributed by atoms with van der Waals surface area (Å²) in [5.41, 5.74) is 2.47. The summed E-state index contributed by atoms with van der Waals surface area (Å²) in [6.07, 6.45) is 0.228. The number of benzene rings is 2. The highest BCUT2D eigenvalue weighted by Gasteiger charge is 2.25. The summed E-state index contributed by atoms with van der Waals surface area (Å²) in [5.74, 6) is 1.11. The summed E-state index contributed by atoms with van der Waals surface area (Å²) in [6, 6.07) is 17.9. The van der Waals surface area contributed by atoms with Gasteiger partial charge in [-0.25, -0.2) is 0 Å². The van der Waals surface area contributed by atoms with Crippen LogP contribution in [0.25, 0.3) is 0 Å². The molecule has 0 unspecified atom stereocenters. The van der Waals surface area contributed by atoms with Crippen molar-refractivity contribution in [2.75, 3.05) is 37.6 Å². The molecule has 36 heavy (non-hydrogen) atoms. The monoisotopic (exact) mass is 490 g/mol. The first-order valence-electron chi connectivity index (χ1n) is 12.0. The van der Waals surface area contributed by atoms with Gasteiger partial charge in [0.25, 0.3) is 11.6 Å². The number of nitrogens with zero attached hydrogens (tertiary/aromatic N) is 4. The van der Waals surface area contributed by atoms with Crippen molar-refractivity contribution in [1.29, 1.82) is 0 Å². The molecular formula is C27H30N4O5. The third kappa shape index (κ3) is 5.91. The second-order valence-electron chi connectivity index (χ2n) is 8.93. The zero-order valence-corrected chi connectivity index (χ0v) is 20.6. The van der Waals surface area contributed by atoms with Crippen molar-refractivity contribution >= 4 is 23.2 Å². The van der Waals surface area contributed by atoms with Gasteiger partial charge in [0.2, 0.25) is 5.91 Å². The van der Waals surface area contributed by atoms with Crippen LogP contribution in [-0.4, -0.2) is 59.3 Å². The Kier molecular flexibility index (Phi) is 7.68. The average Bonchev–Trinajstić information content (AvgIpc) is 3.24. The summed E-state index contributed by atoms with van der Waals surface area (Å²) in [6.45, 7) is 6.70. The van der Waals surface area contributed by atoms with Crippen LogP contribution in [0.2, 0.25) is 0 Å². The molecule has 0 atom stereocenters. The number of nitro groups is 1. The number of piperazine rings is 1. The number of rotatable bonds is 8. The molecule has 1 saturated heterocycles. The highest BCUT2D eigenvalue weighted by Crippen LogP contribution is 2.21. The van der Waals surface area contributed by atoms with Crippen LogP contribution in [0.4, 0.5) is 11.4 Å². The summed E-state index contributed by atoms with van der Waals surface area (Å²) in [7, 11) is 0. The van der Waals surface area contributed by atoms with Crippen molar-refractivity contribution < 1.29 is 18.9 Å². The molecular weight excluding hydrogens is 460 g/mol. The van der Waals surface area contributed by atoms with Crippen molar-refractivity contribution in [3.8, 4) is 0 Å². The molecule has 0 aliphatic carbocycles. The molecule has 4 rings (SSSR count). The van der Waals surface area contributed by atoms with Crippen LogP contribution in [0.15, 0.2) is 65.1 Å². The predicted molar refractivity (Wildman–Crippen MR) is 136 cm³/mol. The zero-order chi connectivity index (χ0) is 25.7. The van der Waals surface area contributed by atoms with E-state index in [1.54, 1.807) is 30.0 Å². The van der Waals surface area contributed by atoms with Crippen molar-refractivity contribution in [2.24, 2.45) is 0 Å². The van der Waals surface area contributed by atoms with Crippen LogP contribution in [0.1, 0.15) is 33.9 Å². The van der Waals surface area contributed by atoms with Crippen molar-refractivity contribution in [2.45, 2.75) is 26.8 Å². The van der Waals surface area contributed by atoms with Crippen LogP contribution in [0, 0.1) is 24.0 Å². The van der Waals surface area contributed by atoms with E-state index in [4.69, 9.17) is 4.42 Å². The van der Waals surface area contributed by atoms with E-state index in [9.17, 15) is 19.7 Å². The molecule has 1 aliphatic heterocycles. The minimum atomic E-state index is -0.415. The van der Waals surface area contributed by atoms with Gasteiger partial charge in [0, 0.05) is 63.5 Å². The molecule has 9 heteroatoms. The van der Waals surface area contributed by atoms with Crippen molar-refractivity contribution in [3.05, 3.63) is 93.4 Å². The first-order chi connectivity index (χ1) is 17.3. The number of nitro benzene ring substituents is 1. The second kappa shape index (κ2) is 11.1. The number of carbonyl (C=O) groups is 2. The maximum atomic E-state index is 13.3. The van der Waals surface area contributed by atoms with E-state index >= 15 is 0 Å². The van der Waals surface area contributed by atoms with Gasteiger partial charge in [-0.3, -0.25) is 19.7 Å². The molecule has 3 aromatic rings. The van der Waals surface area contributed by atoms with Crippen LogP contribution in [0.5, 0.6) is 0 Å². The maximum Gasteiger partial charge on any atom is 0.269 e. The number of non-ortho nitro benzene ring substituents is 1. The van der Waals surface area contributed by atoms with Gasteiger partial charge in [0.15, 0.2) is 0 Å². The summed E-state index contributed by atoms with van der Waals surface area (Å²) >= 11 is 0. The Labute approximate surface area is 210 Å². The highest BCUT2D eigenvalue weighted by molar-refractivity contribution is 5.95. The molecule has 0 N–H and O–H groups in total. The lowest BCUT2D eigenvalue weighted by molar-refractivity contribution is -0.384. The van der Waals surface area contributed by atoms with E-state index in [0.29, 0.717) is 56.4 Å². The number of carbonyl (C=O) groups excluding carboxylic acids is 2. The lowest BCUT2D eigenvalue weighted by Crippen LogP contribution is -2.49. The third-order valence-electron chi connectivity index (χ3n) is 6.43. The van der Waals surface area contributed by atoms with Crippen LogP contribution in [-0.2, 0) is 11.3 Å². The Bertz CT molecular complexity index is 1210. The largest absolute Gasteiger partial charge is 0.466 e. The molecule has 1 aromatic heterocycles. The lowest BCUT2D eigenvalue weighted by Gasteiger charge is -2.36. The Balaban J connectivity index is 1.36. The molecule has 2 heterocycles. The number of anilines is 1. The topological polar surface area (TPSA) is 100 Å². The Hall–Kier alpha value is -4.14. The van der Waals surface area contributed by atoms with Gasteiger partial charge >= 0.3 is 0 Å². The molecule has 2 aromatic carbocycles. The molecule has 0 radical (unpaired) electrons. The van der Waals surface area contributed by atoms with Crippen LogP contribution >= 0.6 is 0 Å². The van der Waals surface area contributed by atoms with Gasteiger partial charge in [-0.15, -0.1) is 0 Å². The summed E-state index contributed by atoms with van der Waals surface area (Å²) in [5, 5.41) is 10.9.